The third kappa shape index (κ3) is 3.03. The Kier molecular flexibility index (Phi) is 4.74. The first-order valence-corrected chi connectivity index (χ1v) is 10.6. The molecule has 4 aromatic carbocycles. The summed E-state index contributed by atoms with van der Waals surface area (Å²) in [5.74, 6) is -3.08. The highest BCUT2D eigenvalue weighted by Crippen LogP contribution is 2.56. The van der Waals surface area contributed by atoms with Crippen LogP contribution < -0.4 is 0 Å². The number of phenolic OH excluding ortho intramolecular Hbond substituents is 6. The van der Waals surface area contributed by atoms with Crippen LogP contribution in [0.1, 0.15) is 11.1 Å². The summed E-state index contributed by atoms with van der Waals surface area (Å²) in [5, 5.41) is 62.0. The Morgan fingerprint density at radius 3 is 1.76 bits per heavy atom. The molecule has 0 bridgehead atoms. The molecule has 6 N–H and O–H groups in total. The second kappa shape index (κ2) is 7.40. The molecule has 0 saturated heterocycles. The molecule has 0 spiro atoms. The molecular formula is C25H16Cl2O6. The molecule has 33 heavy (non-hydrogen) atoms. The van der Waals surface area contributed by atoms with Gasteiger partial charge in [0.05, 0.1) is 11.1 Å². The fraction of sp³-hybridized carbons (Fsp3) is 0.0400. The minimum atomic E-state index is -0.574. The fourth-order valence-corrected chi connectivity index (χ4v) is 4.75. The average molecular weight is 483 g/mol. The molecule has 6 nitrogen and oxygen atoms in total. The van der Waals surface area contributed by atoms with Crippen LogP contribution >= 0.6 is 23.2 Å². The van der Waals surface area contributed by atoms with Crippen LogP contribution in [0, 0.1) is 0 Å². The molecule has 0 atom stereocenters. The van der Waals surface area contributed by atoms with Crippen LogP contribution in [-0.4, -0.2) is 30.6 Å². The van der Waals surface area contributed by atoms with Crippen LogP contribution in [0.4, 0.5) is 0 Å². The minimum absolute atomic E-state index is 0.0829. The van der Waals surface area contributed by atoms with Gasteiger partial charge in [-0.25, -0.2) is 0 Å². The van der Waals surface area contributed by atoms with Crippen LogP contribution in [0.25, 0.3) is 33.4 Å². The fourth-order valence-electron chi connectivity index (χ4n) is 4.45. The van der Waals surface area contributed by atoms with E-state index in [2.05, 4.69) is 0 Å². The molecule has 0 radical (unpaired) electrons. The zero-order chi connectivity index (χ0) is 23.6. The monoisotopic (exact) mass is 482 g/mol. The van der Waals surface area contributed by atoms with E-state index in [1.54, 1.807) is 12.1 Å². The van der Waals surface area contributed by atoms with E-state index in [1.807, 2.05) is 24.3 Å². The highest BCUT2D eigenvalue weighted by Gasteiger charge is 2.31. The quantitative estimate of drug-likeness (QED) is 0.180. The average Bonchev–Trinajstić information content (AvgIpc) is 3.16. The zero-order valence-corrected chi connectivity index (χ0v) is 18.3. The van der Waals surface area contributed by atoms with Crippen molar-refractivity contribution in [1.29, 1.82) is 0 Å². The molecule has 4 aromatic rings. The number of hydrogen-bond donors (Lipinski definition) is 6. The molecule has 0 aliphatic heterocycles. The van der Waals surface area contributed by atoms with E-state index in [0.717, 1.165) is 28.8 Å². The molecule has 1 aliphatic rings. The maximum Gasteiger partial charge on any atom is 0.149 e. The SMILES string of the molecule is Oc1cc(O)c(-c2ccc3c(c2-c2c(O)cc(O)c(Cl)c2O)Cc2ccccc2-3)c(O)c1Cl. The largest absolute Gasteiger partial charge is 0.507 e. The maximum absolute atomic E-state index is 10.8. The lowest BCUT2D eigenvalue weighted by atomic mass is 9.86. The van der Waals surface area contributed by atoms with Crippen molar-refractivity contribution in [2.45, 2.75) is 6.42 Å². The Balaban J connectivity index is 1.93. The number of phenols is 6. The van der Waals surface area contributed by atoms with Gasteiger partial charge in [-0.3, -0.25) is 0 Å². The smallest absolute Gasteiger partial charge is 0.149 e. The predicted octanol–water partition coefficient (Wildman–Crippen LogP) is 6.13. The minimum Gasteiger partial charge on any atom is -0.507 e. The zero-order valence-electron chi connectivity index (χ0n) is 16.8. The predicted molar refractivity (Wildman–Crippen MR) is 126 cm³/mol. The standard InChI is InChI=1S/C25H16Cl2O6/c26-22-17(30)8-15(28)20(24(22)32)13-6-5-12-11-4-2-1-3-10(11)7-14(12)19(13)21-16(29)9-18(31)23(27)25(21)33/h1-6,8-9,28-33H,7H2. The van der Waals surface area contributed by atoms with E-state index in [0.29, 0.717) is 12.0 Å². The van der Waals surface area contributed by atoms with Crippen molar-refractivity contribution in [3.63, 3.8) is 0 Å². The van der Waals surface area contributed by atoms with Crippen molar-refractivity contribution < 1.29 is 30.6 Å². The third-order valence-electron chi connectivity index (χ3n) is 5.91. The number of hydrogen-bond acceptors (Lipinski definition) is 6. The van der Waals surface area contributed by atoms with Crippen molar-refractivity contribution in [1.82, 2.24) is 0 Å². The number of halogens is 2. The lowest BCUT2D eigenvalue weighted by molar-refractivity contribution is 0.428. The van der Waals surface area contributed by atoms with Crippen LogP contribution in [0.2, 0.25) is 10.0 Å². The van der Waals surface area contributed by atoms with Gasteiger partial charge in [-0.15, -0.1) is 0 Å². The van der Waals surface area contributed by atoms with Gasteiger partial charge >= 0.3 is 0 Å². The lowest BCUT2D eigenvalue weighted by Gasteiger charge is -2.20. The number of rotatable bonds is 2. The van der Waals surface area contributed by atoms with Crippen molar-refractivity contribution in [3.05, 3.63) is 69.7 Å². The Hall–Kier alpha value is -3.74. The van der Waals surface area contributed by atoms with E-state index in [4.69, 9.17) is 23.2 Å². The normalized spacial score (nSPS) is 11.9. The highest BCUT2D eigenvalue weighted by atomic mass is 35.5. The summed E-state index contributed by atoms with van der Waals surface area (Å²) in [5.41, 5.74) is 3.82. The van der Waals surface area contributed by atoms with Gasteiger partial charge in [0, 0.05) is 17.7 Å². The molecule has 0 heterocycles. The van der Waals surface area contributed by atoms with Gasteiger partial charge in [0.1, 0.15) is 44.5 Å². The number of aromatic hydroxyl groups is 6. The molecular weight excluding hydrogens is 467 g/mol. The van der Waals surface area contributed by atoms with Gasteiger partial charge in [0.2, 0.25) is 0 Å². The molecule has 0 aromatic heterocycles. The van der Waals surface area contributed by atoms with E-state index in [1.165, 1.54) is 0 Å². The summed E-state index contributed by atoms with van der Waals surface area (Å²) in [6.45, 7) is 0. The lowest BCUT2D eigenvalue weighted by Crippen LogP contribution is -1.95. The van der Waals surface area contributed by atoms with Crippen LogP contribution in [0.5, 0.6) is 34.5 Å². The second-order valence-corrected chi connectivity index (χ2v) is 8.51. The van der Waals surface area contributed by atoms with Crippen LogP contribution in [-0.2, 0) is 6.42 Å². The Bertz CT molecular complexity index is 1480. The molecule has 8 heteroatoms. The molecule has 166 valence electrons. The van der Waals surface area contributed by atoms with Crippen molar-refractivity contribution >= 4 is 23.2 Å². The molecule has 0 amide bonds. The summed E-state index contributed by atoms with van der Waals surface area (Å²) < 4.78 is 0. The summed E-state index contributed by atoms with van der Waals surface area (Å²) in [4.78, 5) is 0. The molecule has 1 aliphatic carbocycles. The topological polar surface area (TPSA) is 121 Å². The van der Waals surface area contributed by atoms with E-state index < -0.39 is 34.5 Å². The Morgan fingerprint density at radius 1 is 0.545 bits per heavy atom. The van der Waals surface area contributed by atoms with Crippen molar-refractivity contribution in [3.8, 4) is 67.9 Å². The van der Waals surface area contributed by atoms with Crippen LogP contribution in [0.15, 0.2) is 48.5 Å². The van der Waals surface area contributed by atoms with Gasteiger partial charge in [-0.05, 0) is 34.2 Å². The maximum atomic E-state index is 10.8. The second-order valence-electron chi connectivity index (χ2n) is 7.75. The van der Waals surface area contributed by atoms with Crippen molar-refractivity contribution in [2.24, 2.45) is 0 Å². The molecule has 5 rings (SSSR count). The van der Waals surface area contributed by atoms with Crippen LogP contribution in [0.3, 0.4) is 0 Å². The van der Waals surface area contributed by atoms with E-state index in [-0.39, 0.29) is 32.3 Å². The van der Waals surface area contributed by atoms with Gasteiger partial charge in [-0.1, -0.05) is 59.6 Å². The van der Waals surface area contributed by atoms with Gasteiger partial charge in [-0.2, -0.15) is 0 Å². The number of fused-ring (bicyclic) bond motifs is 3. The molecule has 0 fully saturated rings. The van der Waals surface area contributed by atoms with E-state index in [9.17, 15) is 30.6 Å². The summed E-state index contributed by atoms with van der Waals surface area (Å²) in [6.07, 6.45) is 0.430. The molecule has 0 unspecified atom stereocenters. The summed E-state index contributed by atoms with van der Waals surface area (Å²) >= 11 is 12.1. The number of benzene rings is 4. The van der Waals surface area contributed by atoms with Crippen molar-refractivity contribution in [2.75, 3.05) is 0 Å². The third-order valence-corrected chi connectivity index (χ3v) is 6.65. The summed E-state index contributed by atoms with van der Waals surface area (Å²) in [7, 11) is 0. The van der Waals surface area contributed by atoms with Gasteiger partial charge < -0.3 is 30.6 Å². The first kappa shape index (κ1) is 21.1. The Labute approximate surface area is 197 Å². The summed E-state index contributed by atoms with van der Waals surface area (Å²) in [6, 6.07) is 13.1. The first-order chi connectivity index (χ1) is 15.7. The van der Waals surface area contributed by atoms with Gasteiger partial charge in [0.15, 0.2) is 0 Å². The molecule has 0 saturated carbocycles. The first-order valence-electron chi connectivity index (χ1n) is 9.82. The Morgan fingerprint density at radius 2 is 1.09 bits per heavy atom. The van der Waals surface area contributed by atoms with Gasteiger partial charge in [0.25, 0.3) is 0 Å². The van der Waals surface area contributed by atoms with E-state index >= 15 is 0 Å². The highest BCUT2D eigenvalue weighted by molar-refractivity contribution is 6.35.